The second kappa shape index (κ2) is 47.7. The highest BCUT2D eigenvalue weighted by atomic mass is 31.2. The van der Waals surface area contributed by atoms with Gasteiger partial charge in [0.1, 0.15) is 13.1 Å². The maximum atomic E-state index is 13.3. The first-order valence-electron chi connectivity index (χ1n) is 46.4. The summed E-state index contributed by atoms with van der Waals surface area (Å²) in [5.41, 5.74) is 15.8. The molecule has 0 radical (unpaired) electrons. The average molecular weight is 1710 g/mol. The number of likely N-dealkylation sites (tertiary alicyclic amines) is 2. The predicted octanol–water partition coefficient (Wildman–Crippen LogP) is 21.1. The Kier molecular flexibility index (Phi) is 39.3. The van der Waals surface area contributed by atoms with Crippen LogP contribution in [0.4, 0.5) is 22.7 Å². The third-order valence-corrected chi connectivity index (χ3v) is 30.4. The standard InChI is InChI=1S/C45H65N5O3P.C36H48N3O2.C15H32N3OP.C5H11NO/c1-10-48-39-22-15-13-20-37(39)44(6,7)41(48)24-18-25-42-45(8,9)38-21-14-16-23-40(38)49(42)30-17-11-12-26-43(51)47-31-27-36(28-32-47)53-54(52-33-19-29-46)50(34(2)3)35(4)5;1-6-38-30-17-11-9-15-28(30)35(2,3)32(38)19-14-20-33-36(4,5)29-16-10-12-18-31(29)39(33)24-13-7-8-21-34(41)37-25-22-27(40)23-26-37;1-12(2)17(13(3)4)20(19-11-9-10-16)18(14(5)6)15(7)8;7-5-1-3-6-4-2-5/h13-16,18,20-25,34-36H,10-12,17,19,26-28,30-33H2,1-9H3;9-12,14-20,27,40H,6-8,13,21-26H2,1-5H3;12-15H,9,11H2,1-8H3;5-7H,1-4H2/q2*+1;;. The minimum atomic E-state index is -1.27. The van der Waals surface area contributed by atoms with E-state index in [1.807, 2.05) is 9.80 Å². The van der Waals surface area contributed by atoms with Crippen molar-refractivity contribution in [2.75, 3.05) is 88.5 Å². The molecule has 1 atom stereocenters. The molecule has 0 aliphatic carbocycles. The zero-order valence-corrected chi connectivity index (χ0v) is 80.7. The van der Waals surface area contributed by atoms with Gasteiger partial charge in [0.15, 0.2) is 19.9 Å². The van der Waals surface area contributed by atoms with Gasteiger partial charge in [-0.3, -0.25) is 9.59 Å². The number of fused-ring (bicyclic) bond motifs is 4. The molecule has 7 aliphatic heterocycles. The summed E-state index contributed by atoms with van der Waals surface area (Å²) in [7, 11) is -2.11. The lowest BCUT2D eigenvalue weighted by atomic mass is 9.81. The molecule has 0 bridgehead atoms. The Hall–Kier alpha value is -6.80. The number of aliphatic hydroxyl groups is 2. The third kappa shape index (κ3) is 25.8. The van der Waals surface area contributed by atoms with E-state index in [9.17, 15) is 14.7 Å². The molecule has 3 fully saturated rings. The summed E-state index contributed by atoms with van der Waals surface area (Å²) in [6, 6.07) is 41.8. The van der Waals surface area contributed by atoms with Crippen LogP contribution in [0.5, 0.6) is 0 Å². The summed E-state index contributed by atoms with van der Waals surface area (Å²) in [6.07, 6.45) is 26.4. The van der Waals surface area contributed by atoms with Gasteiger partial charge in [0, 0.05) is 170 Å². The summed E-state index contributed by atoms with van der Waals surface area (Å²) in [6.45, 7) is 58.9. The Bertz CT molecular complexity index is 4230. The number of rotatable bonds is 35. The largest absolute Gasteiger partial charge is 0.393 e. The number of nitriles is 2. The molecule has 0 saturated carbocycles. The third-order valence-electron chi connectivity index (χ3n) is 25.1. The van der Waals surface area contributed by atoms with Crippen molar-refractivity contribution >= 4 is 63.0 Å². The average Bonchev–Trinajstić information content (AvgIpc) is 1.83. The van der Waals surface area contributed by atoms with Crippen LogP contribution in [0.1, 0.15) is 277 Å². The number of amides is 2. The number of hydrogen-bond donors (Lipinski definition) is 3. The summed E-state index contributed by atoms with van der Waals surface area (Å²) in [5, 5.41) is 39.5. The number of carbonyl (C=O) groups excluding carboxylic acids is 2. The molecule has 122 heavy (non-hydrogen) atoms. The molecule has 19 nitrogen and oxygen atoms in total. The van der Waals surface area contributed by atoms with Crippen molar-refractivity contribution in [2.24, 2.45) is 0 Å². The van der Waals surface area contributed by atoms with Crippen molar-refractivity contribution in [2.45, 2.75) is 331 Å². The highest BCUT2D eigenvalue weighted by Crippen LogP contribution is 2.53. The van der Waals surface area contributed by atoms with Gasteiger partial charge in [-0.15, -0.1) is 0 Å². The molecular weight excluding hydrogens is 1560 g/mol. The SMILES string of the molecule is CC(C)N(C(C)C)P(OCCC#N)N(C(C)C)C(C)C.CCN1C(=CC=CC2=[N+](CCCCCC(=O)N3CCC(O)CC3)c3ccccc3C2(C)C)C(C)(C)c2ccccc21.CCN1C(=CC=CC2=[N+](CCCCCC(=O)N3CCC(OP(OCCC#N)N(C(C)C)C(C)C)CC3)c3ccccc3C2(C)C)C(C)(C)c2ccccc21.OC1CCNCC1. The van der Waals surface area contributed by atoms with E-state index in [0.29, 0.717) is 102 Å². The minimum Gasteiger partial charge on any atom is -0.393 e. The molecule has 3 N–H and O–H groups in total. The molecule has 1 unspecified atom stereocenters. The highest BCUT2D eigenvalue weighted by molar-refractivity contribution is 7.47. The summed E-state index contributed by atoms with van der Waals surface area (Å²) < 4.78 is 31.0. The lowest BCUT2D eigenvalue weighted by Crippen LogP contribution is -2.43. The van der Waals surface area contributed by atoms with Gasteiger partial charge in [0.05, 0.1) is 67.3 Å². The predicted molar refractivity (Wildman–Crippen MR) is 508 cm³/mol. The van der Waals surface area contributed by atoms with Crippen LogP contribution in [0.2, 0.25) is 0 Å². The smallest absolute Gasteiger partial charge is 0.259 e. The fraction of sp³-hybridized carbons (Fsp3) is 0.624. The van der Waals surface area contributed by atoms with Crippen molar-refractivity contribution < 1.29 is 42.5 Å². The van der Waals surface area contributed by atoms with Crippen LogP contribution < -0.4 is 15.1 Å². The summed E-state index contributed by atoms with van der Waals surface area (Å²) in [5.74, 6) is 0.492. The molecule has 2 amide bonds. The quantitative estimate of drug-likeness (QED) is 0.0224. The van der Waals surface area contributed by atoms with Gasteiger partial charge >= 0.3 is 0 Å². The fourth-order valence-corrected chi connectivity index (χ4v) is 23.0. The van der Waals surface area contributed by atoms with Gasteiger partial charge in [0.25, 0.3) is 8.53 Å². The Morgan fingerprint density at radius 3 is 1.22 bits per heavy atom. The molecule has 0 spiro atoms. The number of benzene rings is 4. The van der Waals surface area contributed by atoms with E-state index >= 15 is 0 Å². The van der Waals surface area contributed by atoms with Crippen molar-refractivity contribution in [3.05, 3.63) is 167 Å². The van der Waals surface area contributed by atoms with E-state index in [-0.39, 0.29) is 63.9 Å². The van der Waals surface area contributed by atoms with Gasteiger partial charge in [-0.2, -0.15) is 19.7 Å². The van der Waals surface area contributed by atoms with Crippen LogP contribution in [0, 0.1) is 22.7 Å². The molecule has 670 valence electrons. The first-order valence-corrected chi connectivity index (χ1v) is 48.7. The topological polar surface area (TPSA) is 191 Å². The molecule has 4 aromatic rings. The molecule has 4 aromatic carbocycles. The second-order valence-electron chi connectivity index (χ2n) is 37.5. The number of carbonyl (C=O) groups is 2. The van der Waals surface area contributed by atoms with E-state index < -0.39 is 17.0 Å². The number of allylic oxidation sites excluding steroid dienone is 8. The van der Waals surface area contributed by atoms with Gasteiger partial charge in [-0.1, -0.05) is 113 Å². The number of nitrogens with zero attached hydrogens (tertiary/aromatic N) is 11. The zero-order valence-electron chi connectivity index (χ0n) is 78.9. The number of anilines is 2. The molecule has 11 rings (SSSR count). The number of aliphatic hydroxyl groups excluding tert-OH is 2. The number of para-hydroxylation sites is 4. The van der Waals surface area contributed by atoms with E-state index in [1.54, 1.807) is 0 Å². The van der Waals surface area contributed by atoms with E-state index in [2.05, 4.69) is 336 Å². The number of nitrogens with one attached hydrogen (secondary N) is 1. The Morgan fingerprint density at radius 2 is 0.852 bits per heavy atom. The van der Waals surface area contributed by atoms with Gasteiger partial charge in [-0.05, 0) is 237 Å². The van der Waals surface area contributed by atoms with Gasteiger partial charge in [-0.25, -0.2) is 14.0 Å². The number of unbranched alkanes of at least 4 members (excludes halogenated alkanes) is 4. The minimum absolute atomic E-state index is 0.0266. The van der Waals surface area contributed by atoms with E-state index in [4.69, 9.17) is 29.2 Å². The second-order valence-corrected chi connectivity index (χ2v) is 40.6. The highest BCUT2D eigenvalue weighted by Gasteiger charge is 2.47. The summed E-state index contributed by atoms with van der Waals surface area (Å²) >= 11 is 0. The Morgan fingerprint density at radius 1 is 0.492 bits per heavy atom. The Balaban J connectivity index is 0.000000237. The lowest BCUT2D eigenvalue weighted by molar-refractivity contribution is -0.438. The van der Waals surface area contributed by atoms with Crippen LogP contribution >= 0.6 is 17.0 Å². The fourth-order valence-electron chi connectivity index (χ4n) is 18.9. The Labute approximate surface area is 739 Å². The van der Waals surface area contributed by atoms with Crippen LogP contribution in [0.15, 0.2) is 145 Å². The maximum absolute atomic E-state index is 13.3. The normalized spacial score (nSPS) is 19.1. The maximum Gasteiger partial charge on any atom is 0.259 e. The molecule has 3 saturated heterocycles. The van der Waals surface area contributed by atoms with E-state index in [1.165, 1.54) is 67.8 Å². The van der Waals surface area contributed by atoms with Crippen molar-refractivity contribution in [1.82, 2.24) is 29.1 Å². The lowest BCUT2D eigenvalue weighted by Gasteiger charge is -2.45. The zero-order chi connectivity index (χ0) is 89.2. The molecular formula is C101H156N12O7P2+2. The van der Waals surface area contributed by atoms with E-state index in [0.717, 1.165) is 103 Å². The monoisotopic (exact) mass is 1710 g/mol. The van der Waals surface area contributed by atoms with Crippen LogP contribution in [0.25, 0.3) is 0 Å². The van der Waals surface area contributed by atoms with Crippen molar-refractivity contribution in [3.8, 4) is 12.1 Å². The van der Waals surface area contributed by atoms with Crippen LogP contribution in [0.3, 0.4) is 0 Å². The van der Waals surface area contributed by atoms with Gasteiger partial charge in [0.2, 0.25) is 23.2 Å². The molecule has 7 heterocycles. The number of likely N-dealkylation sites (N-methyl/N-ethyl adjacent to an activating group) is 2. The first kappa shape index (κ1) is 101. The molecule has 0 aromatic heterocycles. The number of piperidine rings is 3. The number of hydrogen-bond acceptors (Lipinski definition) is 15. The molecule has 21 heteroatoms. The molecule has 7 aliphatic rings. The van der Waals surface area contributed by atoms with Crippen molar-refractivity contribution in [3.63, 3.8) is 0 Å². The van der Waals surface area contributed by atoms with Crippen LogP contribution in [-0.2, 0) is 44.8 Å². The first-order chi connectivity index (χ1) is 58.1. The summed E-state index contributed by atoms with van der Waals surface area (Å²) in [4.78, 5) is 34.8. The van der Waals surface area contributed by atoms with Crippen LogP contribution in [-0.4, -0.2) is 200 Å². The van der Waals surface area contributed by atoms with Gasteiger partial charge < -0.3 is 48.7 Å². The van der Waals surface area contributed by atoms with Crippen molar-refractivity contribution in [1.29, 1.82) is 10.5 Å².